The third-order valence-corrected chi connectivity index (χ3v) is 4.64. The van der Waals surface area contributed by atoms with Gasteiger partial charge in [0.1, 0.15) is 5.01 Å². The molecule has 1 aromatic carbocycles. The van der Waals surface area contributed by atoms with E-state index in [0.717, 1.165) is 36.4 Å². The molecular weight excluding hydrogens is 296 g/mol. The predicted molar refractivity (Wildman–Crippen MR) is 89.1 cm³/mol. The lowest BCUT2D eigenvalue weighted by Gasteiger charge is -2.21. The summed E-state index contributed by atoms with van der Waals surface area (Å²) in [6.07, 6.45) is 3.11. The summed E-state index contributed by atoms with van der Waals surface area (Å²) in [6, 6.07) is 6.19. The summed E-state index contributed by atoms with van der Waals surface area (Å²) < 4.78 is 0. The Labute approximate surface area is 134 Å². The highest BCUT2D eigenvalue weighted by Gasteiger charge is 2.21. The predicted octanol–water partition coefficient (Wildman–Crippen LogP) is 2.90. The molecule has 1 amide bonds. The second-order valence-corrected chi connectivity index (χ2v) is 6.76. The molecule has 0 saturated carbocycles. The van der Waals surface area contributed by atoms with Crippen LogP contribution in [0.2, 0.25) is 0 Å². The number of anilines is 1. The molecule has 116 valence electrons. The minimum atomic E-state index is -0.109. The zero-order chi connectivity index (χ0) is 15.5. The van der Waals surface area contributed by atoms with Crippen molar-refractivity contribution in [2.45, 2.75) is 39.2 Å². The normalized spacial score (nSPS) is 18.2. The summed E-state index contributed by atoms with van der Waals surface area (Å²) in [5.74, 6) is -0.0113. The van der Waals surface area contributed by atoms with E-state index in [1.54, 1.807) is 0 Å². The molecule has 1 atom stereocenters. The van der Waals surface area contributed by atoms with Gasteiger partial charge in [0.2, 0.25) is 11.0 Å². The Morgan fingerprint density at radius 1 is 1.23 bits per heavy atom. The number of amides is 1. The molecule has 1 aromatic heterocycles. The molecule has 0 radical (unpaired) electrons. The number of aryl methyl sites for hydroxylation is 2. The van der Waals surface area contributed by atoms with E-state index in [4.69, 9.17) is 0 Å². The van der Waals surface area contributed by atoms with Crippen molar-refractivity contribution in [3.05, 3.63) is 29.3 Å². The van der Waals surface area contributed by atoms with Gasteiger partial charge in [-0.05, 0) is 45.4 Å². The molecule has 1 aliphatic heterocycles. The van der Waals surface area contributed by atoms with Crippen molar-refractivity contribution in [3.8, 4) is 10.6 Å². The van der Waals surface area contributed by atoms with Gasteiger partial charge in [-0.15, -0.1) is 10.2 Å². The van der Waals surface area contributed by atoms with Crippen molar-refractivity contribution in [3.63, 3.8) is 0 Å². The van der Waals surface area contributed by atoms with Crippen LogP contribution in [0.3, 0.4) is 0 Å². The van der Waals surface area contributed by atoms with Gasteiger partial charge in [0.25, 0.3) is 0 Å². The molecule has 5 nitrogen and oxygen atoms in total. The lowest BCUT2D eigenvalue weighted by molar-refractivity contribution is -0.118. The van der Waals surface area contributed by atoms with Crippen LogP contribution in [0.25, 0.3) is 10.6 Å². The molecule has 0 aliphatic carbocycles. The van der Waals surface area contributed by atoms with E-state index >= 15 is 0 Å². The molecule has 2 heterocycles. The number of benzene rings is 1. The van der Waals surface area contributed by atoms with E-state index < -0.39 is 0 Å². The molecule has 1 fully saturated rings. The van der Waals surface area contributed by atoms with Crippen LogP contribution >= 0.6 is 11.3 Å². The summed E-state index contributed by atoms with van der Waals surface area (Å²) in [5, 5.41) is 15.8. The Hall–Kier alpha value is -1.79. The van der Waals surface area contributed by atoms with Gasteiger partial charge in [0, 0.05) is 5.56 Å². The maximum atomic E-state index is 12.2. The van der Waals surface area contributed by atoms with E-state index in [1.165, 1.54) is 22.5 Å². The van der Waals surface area contributed by atoms with Crippen LogP contribution in [0.1, 0.15) is 30.4 Å². The van der Waals surface area contributed by atoms with E-state index in [-0.39, 0.29) is 11.9 Å². The van der Waals surface area contributed by atoms with E-state index in [2.05, 4.69) is 52.9 Å². The summed E-state index contributed by atoms with van der Waals surface area (Å²) >= 11 is 1.41. The first kappa shape index (κ1) is 15.1. The maximum Gasteiger partial charge on any atom is 0.243 e. The smallest absolute Gasteiger partial charge is 0.243 e. The summed E-state index contributed by atoms with van der Waals surface area (Å²) in [5.41, 5.74) is 3.44. The number of aromatic nitrogens is 2. The van der Waals surface area contributed by atoms with Gasteiger partial charge in [-0.25, -0.2) is 0 Å². The molecule has 2 N–H and O–H groups in total. The lowest BCUT2D eigenvalue weighted by Crippen LogP contribution is -2.43. The molecule has 22 heavy (non-hydrogen) atoms. The molecule has 0 bridgehead atoms. The van der Waals surface area contributed by atoms with Crippen LogP contribution in [0.4, 0.5) is 5.13 Å². The fraction of sp³-hybridized carbons (Fsp3) is 0.438. The van der Waals surface area contributed by atoms with Crippen molar-refractivity contribution in [1.82, 2.24) is 15.5 Å². The van der Waals surface area contributed by atoms with Gasteiger partial charge >= 0.3 is 0 Å². The summed E-state index contributed by atoms with van der Waals surface area (Å²) in [7, 11) is 0. The zero-order valence-corrected chi connectivity index (χ0v) is 13.7. The number of nitrogens with one attached hydrogen (secondary N) is 2. The number of hydrogen-bond acceptors (Lipinski definition) is 5. The second kappa shape index (κ2) is 6.54. The highest BCUT2D eigenvalue weighted by Crippen LogP contribution is 2.28. The molecule has 6 heteroatoms. The average Bonchev–Trinajstić information content (AvgIpc) is 2.96. The van der Waals surface area contributed by atoms with Gasteiger partial charge in [0.15, 0.2) is 0 Å². The number of piperidine rings is 1. The molecule has 1 aliphatic rings. The fourth-order valence-electron chi connectivity index (χ4n) is 2.76. The van der Waals surface area contributed by atoms with Gasteiger partial charge in [-0.1, -0.05) is 35.0 Å². The molecule has 0 spiro atoms. The maximum absolute atomic E-state index is 12.2. The van der Waals surface area contributed by atoms with Crippen LogP contribution in [0, 0.1) is 13.8 Å². The first-order chi connectivity index (χ1) is 10.6. The Kier molecular flexibility index (Phi) is 4.49. The van der Waals surface area contributed by atoms with Gasteiger partial charge in [-0.2, -0.15) is 0 Å². The number of carbonyl (C=O) groups is 1. The highest BCUT2D eigenvalue weighted by molar-refractivity contribution is 7.18. The third-order valence-electron chi connectivity index (χ3n) is 3.75. The Bertz CT molecular complexity index is 656. The lowest BCUT2D eigenvalue weighted by atomic mass is 10.0. The quantitative estimate of drug-likeness (QED) is 0.914. The standard InChI is InChI=1S/C16H20N4OS/c1-10-7-11(2)9-12(8-10)15-19-20-16(22-15)18-14(21)13-5-3-4-6-17-13/h7-9,13,17H,3-6H2,1-2H3,(H,18,20,21). The van der Waals surface area contributed by atoms with Crippen LogP contribution in [-0.4, -0.2) is 28.7 Å². The SMILES string of the molecule is Cc1cc(C)cc(-c2nnc(NC(=O)C3CCCCN3)s2)c1. The molecular formula is C16H20N4OS. The number of rotatable bonds is 3. The van der Waals surface area contributed by atoms with E-state index in [1.807, 2.05) is 0 Å². The molecule has 3 rings (SSSR count). The minimum absolute atomic E-state index is 0.0113. The topological polar surface area (TPSA) is 66.9 Å². The molecule has 1 unspecified atom stereocenters. The van der Waals surface area contributed by atoms with Crippen molar-refractivity contribution in [1.29, 1.82) is 0 Å². The third kappa shape index (κ3) is 3.51. The summed E-state index contributed by atoms with van der Waals surface area (Å²) in [6.45, 7) is 5.03. The van der Waals surface area contributed by atoms with Crippen LogP contribution in [0.5, 0.6) is 0 Å². The van der Waals surface area contributed by atoms with Crippen molar-refractivity contribution < 1.29 is 4.79 Å². The first-order valence-electron chi connectivity index (χ1n) is 7.58. The van der Waals surface area contributed by atoms with Gasteiger partial charge in [0.05, 0.1) is 6.04 Å². The largest absolute Gasteiger partial charge is 0.306 e. The molecule has 1 saturated heterocycles. The fourth-order valence-corrected chi connectivity index (χ4v) is 3.49. The monoisotopic (exact) mass is 316 g/mol. The summed E-state index contributed by atoms with van der Waals surface area (Å²) in [4.78, 5) is 12.2. The van der Waals surface area contributed by atoms with Gasteiger partial charge in [-0.3, -0.25) is 10.1 Å². The molecule has 2 aromatic rings. The van der Waals surface area contributed by atoms with E-state index in [0.29, 0.717) is 5.13 Å². The Morgan fingerprint density at radius 2 is 2.00 bits per heavy atom. The van der Waals surface area contributed by atoms with Gasteiger partial charge < -0.3 is 5.32 Å². The van der Waals surface area contributed by atoms with Crippen molar-refractivity contribution in [2.75, 3.05) is 11.9 Å². The van der Waals surface area contributed by atoms with Crippen LogP contribution < -0.4 is 10.6 Å². The van der Waals surface area contributed by atoms with Crippen molar-refractivity contribution >= 4 is 22.4 Å². The number of hydrogen-bond donors (Lipinski definition) is 2. The Balaban J connectivity index is 1.72. The Morgan fingerprint density at radius 3 is 2.68 bits per heavy atom. The number of carbonyl (C=O) groups excluding carboxylic acids is 1. The van der Waals surface area contributed by atoms with Crippen LogP contribution in [0.15, 0.2) is 18.2 Å². The van der Waals surface area contributed by atoms with Crippen molar-refractivity contribution in [2.24, 2.45) is 0 Å². The number of nitrogens with zero attached hydrogens (tertiary/aromatic N) is 2. The second-order valence-electron chi connectivity index (χ2n) is 5.78. The zero-order valence-electron chi connectivity index (χ0n) is 12.8. The average molecular weight is 316 g/mol. The highest BCUT2D eigenvalue weighted by atomic mass is 32.1. The van der Waals surface area contributed by atoms with Crippen LogP contribution in [-0.2, 0) is 4.79 Å². The van der Waals surface area contributed by atoms with E-state index in [9.17, 15) is 4.79 Å². The first-order valence-corrected chi connectivity index (χ1v) is 8.40. The minimum Gasteiger partial charge on any atom is -0.306 e.